The van der Waals surface area contributed by atoms with E-state index in [1.807, 2.05) is 78.9 Å². The molecule has 0 unspecified atom stereocenters. The third kappa shape index (κ3) is 6.31. The van der Waals surface area contributed by atoms with E-state index in [4.69, 9.17) is 18.9 Å². The topological polar surface area (TPSA) is 121 Å². The van der Waals surface area contributed by atoms with Crippen molar-refractivity contribution in [3.63, 3.8) is 0 Å². The predicted octanol–water partition coefficient (Wildman–Crippen LogP) is 4.27. The van der Waals surface area contributed by atoms with Crippen molar-refractivity contribution in [2.45, 2.75) is 43.8 Å². The molecule has 1 aliphatic rings. The van der Waals surface area contributed by atoms with Gasteiger partial charge in [-0.05, 0) is 47.0 Å². The Labute approximate surface area is 249 Å². The van der Waals surface area contributed by atoms with Crippen LogP contribution in [-0.2, 0) is 19.9 Å². The Bertz CT molecular complexity index is 1530. The molecule has 1 amide bonds. The first kappa shape index (κ1) is 30.0. The van der Waals surface area contributed by atoms with Crippen LogP contribution in [0.15, 0.2) is 95.9 Å². The van der Waals surface area contributed by atoms with Crippen molar-refractivity contribution >= 4 is 11.7 Å². The highest BCUT2D eigenvalue weighted by molar-refractivity contribution is 5.89. The van der Waals surface area contributed by atoms with E-state index < -0.39 is 29.7 Å². The van der Waals surface area contributed by atoms with Crippen LogP contribution in [0.3, 0.4) is 0 Å². The second-order valence-electron chi connectivity index (χ2n) is 10.2. The van der Waals surface area contributed by atoms with Gasteiger partial charge in [0, 0.05) is 19.0 Å². The molecule has 0 aliphatic carbocycles. The Morgan fingerprint density at radius 2 is 1.53 bits per heavy atom. The highest BCUT2D eigenvalue weighted by Crippen LogP contribution is 2.42. The molecule has 1 aliphatic heterocycles. The molecule has 1 aromatic heterocycles. The molecular weight excluding hydrogens is 550 g/mol. The monoisotopic (exact) mass is 585 g/mol. The lowest BCUT2D eigenvalue weighted by Gasteiger charge is -2.37. The fourth-order valence-electron chi connectivity index (χ4n) is 5.25. The average molecular weight is 586 g/mol. The van der Waals surface area contributed by atoms with Gasteiger partial charge in [0.05, 0.1) is 26.9 Å². The zero-order valence-corrected chi connectivity index (χ0v) is 24.3. The molecule has 1 fully saturated rings. The number of aliphatic hydroxyl groups is 1. The maximum Gasteiger partial charge on any atom is 0.351 e. The van der Waals surface area contributed by atoms with Gasteiger partial charge in [-0.25, -0.2) is 4.79 Å². The van der Waals surface area contributed by atoms with Crippen molar-refractivity contribution in [2.75, 3.05) is 26.1 Å². The summed E-state index contributed by atoms with van der Waals surface area (Å²) < 4.78 is 25.2. The second-order valence-corrected chi connectivity index (χ2v) is 10.2. The normalized spacial score (nSPS) is 18.3. The predicted molar refractivity (Wildman–Crippen MR) is 160 cm³/mol. The Kier molecular flexibility index (Phi) is 9.20. The molecule has 1 saturated heterocycles. The third-order valence-electron chi connectivity index (χ3n) is 7.57. The van der Waals surface area contributed by atoms with Crippen molar-refractivity contribution in [3.8, 4) is 11.5 Å². The first-order valence-electron chi connectivity index (χ1n) is 14.1. The molecule has 3 atom stereocenters. The van der Waals surface area contributed by atoms with Crippen LogP contribution in [0.25, 0.3) is 0 Å². The van der Waals surface area contributed by atoms with E-state index in [0.717, 1.165) is 16.7 Å². The summed E-state index contributed by atoms with van der Waals surface area (Å²) in [6.07, 6.45) is -0.466. The second kappa shape index (κ2) is 13.2. The maximum atomic E-state index is 12.8. The number of aromatic nitrogens is 2. The molecule has 0 saturated carbocycles. The lowest BCUT2D eigenvalue weighted by atomic mass is 9.80. The van der Waals surface area contributed by atoms with Crippen LogP contribution in [0, 0.1) is 0 Å². The first-order chi connectivity index (χ1) is 20.9. The SMILES string of the molecule is CCC(=O)Nc1ccn([C@H]2C[C@H](O)[C@@H](COC(c3ccccc3)(c3ccc(OC)cc3)c3ccc(OC)cc3)O2)c(=O)n1. The summed E-state index contributed by atoms with van der Waals surface area (Å²) >= 11 is 0. The zero-order chi connectivity index (χ0) is 30.4. The fourth-order valence-corrected chi connectivity index (χ4v) is 5.25. The summed E-state index contributed by atoms with van der Waals surface area (Å²) in [5.41, 5.74) is 0.887. The van der Waals surface area contributed by atoms with Gasteiger partial charge in [0.25, 0.3) is 0 Å². The number of amides is 1. The van der Waals surface area contributed by atoms with Crippen molar-refractivity contribution in [1.29, 1.82) is 0 Å². The number of nitrogens with one attached hydrogen (secondary N) is 1. The zero-order valence-electron chi connectivity index (χ0n) is 24.3. The summed E-state index contributed by atoms with van der Waals surface area (Å²) in [6, 6.07) is 26.7. The number of benzene rings is 3. The Morgan fingerprint density at radius 3 is 2.07 bits per heavy atom. The number of ether oxygens (including phenoxy) is 4. The van der Waals surface area contributed by atoms with Gasteiger partial charge in [-0.2, -0.15) is 4.98 Å². The molecule has 0 radical (unpaired) electrons. The average Bonchev–Trinajstić information content (AvgIpc) is 3.42. The molecule has 0 spiro atoms. The van der Waals surface area contributed by atoms with E-state index in [9.17, 15) is 14.7 Å². The number of methoxy groups -OCH3 is 2. The van der Waals surface area contributed by atoms with Crippen LogP contribution in [0.5, 0.6) is 11.5 Å². The Hall–Kier alpha value is -4.51. The Morgan fingerprint density at radius 1 is 0.953 bits per heavy atom. The highest BCUT2D eigenvalue weighted by atomic mass is 16.6. The molecule has 2 N–H and O–H groups in total. The van der Waals surface area contributed by atoms with Gasteiger partial charge >= 0.3 is 5.69 Å². The van der Waals surface area contributed by atoms with Crippen LogP contribution >= 0.6 is 0 Å². The third-order valence-corrected chi connectivity index (χ3v) is 7.57. The number of anilines is 1. The Balaban J connectivity index is 1.47. The van der Waals surface area contributed by atoms with Gasteiger partial charge in [0.2, 0.25) is 5.91 Å². The van der Waals surface area contributed by atoms with Crippen LogP contribution in [0.2, 0.25) is 0 Å². The minimum Gasteiger partial charge on any atom is -0.497 e. The molecule has 3 aromatic carbocycles. The fraction of sp³-hybridized carbons (Fsp3) is 0.303. The summed E-state index contributed by atoms with van der Waals surface area (Å²) in [6.45, 7) is 1.72. The van der Waals surface area contributed by atoms with E-state index >= 15 is 0 Å². The van der Waals surface area contributed by atoms with Crippen LogP contribution in [0.1, 0.15) is 42.7 Å². The van der Waals surface area contributed by atoms with Gasteiger partial charge in [-0.1, -0.05) is 61.5 Å². The summed E-state index contributed by atoms with van der Waals surface area (Å²) in [4.78, 5) is 28.4. The van der Waals surface area contributed by atoms with E-state index in [1.165, 1.54) is 16.8 Å². The van der Waals surface area contributed by atoms with E-state index in [-0.39, 0.29) is 31.2 Å². The largest absolute Gasteiger partial charge is 0.497 e. The number of carbonyl (C=O) groups is 1. The minimum absolute atomic E-state index is 0.0113. The molecule has 10 nitrogen and oxygen atoms in total. The molecule has 10 heteroatoms. The van der Waals surface area contributed by atoms with Gasteiger partial charge in [0.15, 0.2) is 0 Å². The summed E-state index contributed by atoms with van der Waals surface area (Å²) in [5.74, 6) is 1.33. The number of hydrogen-bond acceptors (Lipinski definition) is 8. The maximum absolute atomic E-state index is 12.8. The van der Waals surface area contributed by atoms with Crippen LogP contribution in [0.4, 0.5) is 5.82 Å². The number of rotatable bonds is 11. The molecule has 0 bridgehead atoms. The molecular formula is C33H35N3O7. The summed E-state index contributed by atoms with van der Waals surface area (Å²) in [5, 5.41) is 13.6. The molecule has 4 aromatic rings. The summed E-state index contributed by atoms with van der Waals surface area (Å²) in [7, 11) is 3.23. The number of nitrogens with zero attached hydrogens (tertiary/aromatic N) is 2. The lowest BCUT2D eigenvalue weighted by Crippen LogP contribution is -2.38. The quantitative estimate of drug-likeness (QED) is 0.251. The van der Waals surface area contributed by atoms with Gasteiger partial charge in [0.1, 0.15) is 35.2 Å². The van der Waals surface area contributed by atoms with E-state index in [0.29, 0.717) is 11.5 Å². The lowest BCUT2D eigenvalue weighted by molar-refractivity contribution is -0.115. The minimum atomic E-state index is -1.08. The molecule has 2 heterocycles. The van der Waals surface area contributed by atoms with Crippen molar-refractivity contribution in [2.24, 2.45) is 0 Å². The highest BCUT2D eigenvalue weighted by Gasteiger charge is 2.42. The van der Waals surface area contributed by atoms with Crippen LogP contribution in [-0.4, -0.2) is 53.6 Å². The van der Waals surface area contributed by atoms with Gasteiger partial charge < -0.3 is 29.4 Å². The smallest absolute Gasteiger partial charge is 0.351 e. The number of hydrogen-bond donors (Lipinski definition) is 2. The van der Waals surface area contributed by atoms with Crippen molar-refractivity contribution in [3.05, 3.63) is 118 Å². The number of aliphatic hydroxyl groups excluding tert-OH is 1. The van der Waals surface area contributed by atoms with Gasteiger partial charge in [-0.3, -0.25) is 9.36 Å². The standard InChI is InChI=1S/C33H35N3O7/c1-4-30(38)34-29-18-19-36(32(39)35-29)31-20-27(37)28(43-31)21-42-33(22-8-6-5-7-9-22,23-10-14-25(40-2)15-11-23)24-12-16-26(41-3)17-13-24/h5-19,27-28,31,37H,4,20-21H2,1-3H3,(H,34,35,38,39)/t27-,28+,31+/m0/s1. The van der Waals surface area contributed by atoms with Gasteiger partial charge in [-0.15, -0.1) is 0 Å². The first-order valence-corrected chi connectivity index (χ1v) is 14.1. The van der Waals surface area contributed by atoms with Crippen LogP contribution < -0.4 is 20.5 Å². The van der Waals surface area contributed by atoms with E-state index in [2.05, 4.69) is 10.3 Å². The molecule has 43 heavy (non-hydrogen) atoms. The molecule has 224 valence electrons. The van der Waals surface area contributed by atoms with Crippen molar-refractivity contribution in [1.82, 2.24) is 9.55 Å². The van der Waals surface area contributed by atoms with E-state index in [1.54, 1.807) is 21.1 Å². The molecule has 5 rings (SSSR count). The van der Waals surface area contributed by atoms with Crippen molar-refractivity contribution < 1.29 is 28.8 Å². The number of carbonyl (C=O) groups excluding carboxylic acids is 1.